The Morgan fingerprint density at radius 1 is 0.697 bits per heavy atom. The van der Waals surface area contributed by atoms with Gasteiger partial charge in [0.15, 0.2) is 18.9 Å². The second-order valence-corrected chi connectivity index (χ2v) is 25.1. The van der Waals surface area contributed by atoms with Gasteiger partial charge < -0.3 is 104 Å². The Bertz CT molecular complexity index is 2080. The number of allylic oxidation sites excluding steroid dienone is 2. The molecule has 4 saturated carbocycles. The van der Waals surface area contributed by atoms with Gasteiger partial charge >= 0.3 is 11.9 Å². The number of aliphatic carboxylic acids is 1. The number of carboxylic acids is 1. The average molecular weight is 1090 g/mol. The van der Waals surface area contributed by atoms with Gasteiger partial charge in [-0.2, -0.15) is 0 Å². The lowest BCUT2D eigenvalue weighted by atomic mass is 9.33. The van der Waals surface area contributed by atoms with Gasteiger partial charge in [0.1, 0.15) is 73.2 Å². The maximum absolute atomic E-state index is 15.1. The first-order chi connectivity index (χ1) is 35.6. The van der Waals surface area contributed by atoms with Gasteiger partial charge in [0.2, 0.25) is 6.29 Å². The van der Waals surface area contributed by atoms with E-state index >= 15 is 4.79 Å². The molecule has 3 heterocycles. The second-order valence-electron chi connectivity index (χ2n) is 25.1. The van der Waals surface area contributed by atoms with Gasteiger partial charge in [-0.3, -0.25) is 9.59 Å². The highest BCUT2D eigenvalue weighted by molar-refractivity contribution is 5.81. The van der Waals surface area contributed by atoms with Crippen LogP contribution in [-0.4, -0.2) is 222 Å². The molecule has 3 saturated heterocycles. The van der Waals surface area contributed by atoms with E-state index in [2.05, 4.69) is 40.7 Å². The summed E-state index contributed by atoms with van der Waals surface area (Å²) >= 11 is 0. The topological polar surface area (TPSA) is 371 Å². The molecule has 23 heteroatoms. The first-order valence-corrected chi connectivity index (χ1v) is 27.2. The van der Waals surface area contributed by atoms with Crippen LogP contribution in [0, 0.1) is 50.2 Å². The number of hydrogen-bond donors (Lipinski definition) is 13. The molecule has 8 rings (SSSR count). The minimum Gasteiger partial charge on any atom is -0.481 e. The molecule has 0 unspecified atom stereocenters. The van der Waals surface area contributed by atoms with Crippen molar-refractivity contribution < 1.29 is 114 Å². The lowest BCUT2D eigenvalue weighted by Crippen LogP contribution is -2.66. The molecule has 0 radical (unpaired) electrons. The quantitative estimate of drug-likeness (QED) is 0.0379. The number of carboxylic acid groups (broad SMARTS) is 1. The van der Waals surface area contributed by atoms with Crippen molar-refractivity contribution in [3.05, 3.63) is 11.6 Å². The highest BCUT2D eigenvalue weighted by Gasteiger charge is 2.70. The zero-order valence-corrected chi connectivity index (χ0v) is 44.7. The van der Waals surface area contributed by atoms with Crippen LogP contribution in [0.3, 0.4) is 0 Å². The van der Waals surface area contributed by atoms with Crippen molar-refractivity contribution >= 4 is 11.9 Å². The molecule has 0 aromatic rings. The van der Waals surface area contributed by atoms with E-state index in [-0.39, 0.29) is 60.1 Å². The summed E-state index contributed by atoms with van der Waals surface area (Å²) in [6.45, 7) is 11.1. The number of hydrogen-bond acceptors (Lipinski definition) is 22. The number of esters is 1. The van der Waals surface area contributed by atoms with Crippen molar-refractivity contribution in [2.75, 3.05) is 33.0 Å². The van der Waals surface area contributed by atoms with E-state index in [1.165, 1.54) is 6.92 Å². The Labute approximate surface area is 443 Å². The lowest BCUT2D eigenvalue weighted by molar-refractivity contribution is -0.326. The minimum absolute atomic E-state index is 0.135. The summed E-state index contributed by atoms with van der Waals surface area (Å²) < 4.78 is 46.7. The van der Waals surface area contributed by atoms with E-state index in [0.717, 1.165) is 24.8 Å². The van der Waals surface area contributed by atoms with Crippen LogP contribution in [0.5, 0.6) is 0 Å². The van der Waals surface area contributed by atoms with E-state index in [4.69, 9.17) is 37.9 Å². The first kappa shape index (κ1) is 60.0. The Balaban J connectivity index is 0.981. The van der Waals surface area contributed by atoms with E-state index in [9.17, 15) is 71.2 Å². The number of aliphatic hydroxyl groups is 12. The predicted molar refractivity (Wildman–Crippen MR) is 260 cm³/mol. The van der Waals surface area contributed by atoms with E-state index in [1.54, 1.807) is 6.92 Å². The fourth-order valence-corrected chi connectivity index (χ4v) is 15.6. The van der Waals surface area contributed by atoms with Crippen molar-refractivity contribution in [2.24, 2.45) is 50.2 Å². The highest BCUT2D eigenvalue weighted by atomic mass is 16.8. The molecule has 5 aliphatic carbocycles. The third-order valence-corrected chi connectivity index (χ3v) is 20.7. The molecule has 8 aliphatic rings. The van der Waals surface area contributed by atoms with Crippen molar-refractivity contribution in [1.82, 2.24) is 0 Å². The molecule has 0 aromatic carbocycles. The molecule has 3 aliphatic heterocycles. The normalized spacial score (nSPS) is 49.4. The zero-order valence-electron chi connectivity index (χ0n) is 44.7. The molecule has 0 amide bonds. The predicted octanol–water partition coefficient (Wildman–Crippen LogP) is -1.05. The number of carbonyl (C=O) groups is 2. The number of rotatable bonds is 16. The van der Waals surface area contributed by atoms with Gasteiger partial charge in [-0.1, -0.05) is 46.3 Å². The summed E-state index contributed by atoms with van der Waals surface area (Å²) in [5, 5.41) is 137. The van der Waals surface area contributed by atoms with Crippen molar-refractivity contribution in [2.45, 2.75) is 223 Å². The fraction of sp³-hybridized carbons (Fsp3) is 0.925. The lowest BCUT2D eigenvalue weighted by Gasteiger charge is -2.71. The molecule has 7 fully saturated rings. The zero-order chi connectivity index (χ0) is 55.8. The Kier molecular flexibility index (Phi) is 17.6. The molecular formula is C53H86O23. The molecule has 0 bridgehead atoms. The van der Waals surface area contributed by atoms with Crippen molar-refractivity contribution in [3.63, 3.8) is 0 Å². The summed E-state index contributed by atoms with van der Waals surface area (Å²) in [5.41, 5.74) is -2.78. The van der Waals surface area contributed by atoms with Crippen LogP contribution in [0.15, 0.2) is 11.6 Å². The Morgan fingerprint density at radius 3 is 2.00 bits per heavy atom. The van der Waals surface area contributed by atoms with Crippen molar-refractivity contribution in [3.8, 4) is 0 Å². The maximum atomic E-state index is 15.1. The van der Waals surface area contributed by atoms with Crippen LogP contribution in [-0.2, 0) is 47.5 Å². The molecular weight excluding hydrogens is 1000 g/mol. The second kappa shape index (κ2) is 22.3. The average Bonchev–Trinajstić information content (AvgIpc) is 3.40. The van der Waals surface area contributed by atoms with Crippen LogP contribution >= 0.6 is 0 Å². The third-order valence-electron chi connectivity index (χ3n) is 20.7. The summed E-state index contributed by atoms with van der Waals surface area (Å²) in [5.74, 6) is -1.96. The summed E-state index contributed by atoms with van der Waals surface area (Å²) in [6.07, 6.45) is -19.0. The van der Waals surface area contributed by atoms with Gasteiger partial charge in [-0.05, 0) is 117 Å². The van der Waals surface area contributed by atoms with Crippen LogP contribution in [0.2, 0.25) is 0 Å². The number of aliphatic hydroxyl groups excluding tert-OH is 12. The summed E-state index contributed by atoms with van der Waals surface area (Å²) in [7, 11) is 0. The van der Waals surface area contributed by atoms with Crippen LogP contribution < -0.4 is 0 Å². The largest absolute Gasteiger partial charge is 0.481 e. The smallest absolute Gasteiger partial charge is 0.315 e. The molecule has 13 N–H and O–H groups in total. The van der Waals surface area contributed by atoms with Gasteiger partial charge in [0, 0.05) is 0 Å². The van der Waals surface area contributed by atoms with E-state index in [0.29, 0.717) is 25.7 Å². The van der Waals surface area contributed by atoms with Crippen LogP contribution in [0.25, 0.3) is 0 Å². The van der Waals surface area contributed by atoms with E-state index in [1.807, 2.05) is 0 Å². The summed E-state index contributed by atoms with van der Waals surface area (Å²) in [6, 6.07) is 0. The Morgan fingerprint density at radius 2 is 1.34 bits per heavy atom. The highest BCUT2D eigenvalue weighted by Crippen LogP contribution is 2.76. The molecule has 76 heavy (non-hydrogen) atoms. The maximum Gasteiger partial charge on any atom is 0.315 e. The standard InChI is InChI=1S/C53H86O23/c1-24-35(58)38(61)41(64)44(71-24)73-29(20-55)28(19-54)72-34(21-56)69-23-30-37(60)39(62)42(65)45(74-30)76-47(68)53-16-14-49(4,46(66)67)18-26(53)25-8-9-32-50(5)12-11-33(75-43-40(63)36(59)27(57)22-70-43)48(2,3)31(50)10-13-52(32,7)51(25,6)15-17-53/h8,24,26-45,54-65H,9-23H2,1-7H3,(H,66,67)/t24-,26-,27-,28+,29-,30+,31-,32+,33-,34+,35-,36-,37+,38+,39-,40+,41+,42+,43-,44-,45-,49+,50-,51+,52+,53-/m0/s1. The van der Waals surface area contributed by atoms with Crippen molar-refractivity contribution in [1.29, 1.82) is 0 Å². The Hall–Kier alpha value is -2.08. The molecule has 0 spiro atoms. The van der Waals surface area contributed by atoms with Gasteiger partial charge in [0.05, 0.1) is 56.1 Å². The van der Waals surface area contributed by atoms with Crippen LogP contribution in [0.4, 0.5) is 0 Å². The minimum atomic E-state index is -1.94. The number of ether oxygens (including phenoxy) is 8. The van der Waals surface area contributed by atoms with Crippen LogP contribution in [0.1, 0.15) is 113 Å². The first-order valence-electron chi connectivity index (χ1n) is 27.2. The van der Waals surface area contributed by atoms with Gasteiger partial charge in [0.25, 0.3) is 0 Å². The third kappa shape index (κ3) is 10.1. The summed E-state index contributed by atoms with van der Waals surface area (Å²) in [4.78, 5) is 28.2. The fourth-order valence-electron chi connectivity index (χ4n) is 15.6. The van der Waals surface area contributed by atoms with Gasteiger partial charge in [-0.15, -0.1) is 0 Å². The molecule has 26 atom stereocenters. The van der Waals surface area contributed by atoms with E-state index < -0.39 is 165 Å². The molecule has 0 aromatic heterocycles. The monoisotopic (exact) mass is 1090 g/mol. The number of carbonyl (C=O) groups excluding carboxylic acids is 1. The SMILES string of the molecule is C[C@@H]1O[C@@H](O[C@@H](CO)[C@@H](CO)O[C@H](CO)OC[C@H]2O[C@@H](OC(=O)[C@]34CC[C@@](C)(C(=O)O)C[C@H]3C3=CC[C@@H]5[C@@]6(C)CC[C@H](O[C@@H]7OC[C@H](O)[C@H](O)[C@H]7O)C(C)(C)[C@@H]6CC[C@@]5(C)[C@]3(C)CC4)[C@H](O)[C@@H](O)[C@@H]2O)[C@H](O)[C@H](O)[C@H]1O. The van der Waals surface area contributed by atoms with Gasteiger partial charge in [-0.25, -0.2) is 0 Å². The number of fused-ring (bicyclic) bond motifs is 7. The molecule has 436 valence electrons. The molecule has 23 nitrogen and oxygen atoms in total.